The first-order chi connectivity index (χ1) is 7.25. The van der Waals surface area contributed by atoms with Gasteiger partial charge in [0, 0.05) is 11.9 Å². The van der Waals surface area contributed by atoms with E-state index in [0.29, 0.717) is 0 Å². The van der Waals surface area contributed by atoms with Crippen LogP contribution < -0.4 is 5.32 Å². The zero-order valence-electron chi connectivity index (χ0n) is 8.86. The second-order valence-corrected chi connectivity index (χ2v) is 3.44. The van der Waals surface area contributed by atoms with Crippen LogP contribution in [0.15, 0.2) is 36.5 Å². The number of benzene rings is 1. The van der Waals surface area contributed by atoms with Crippen molar-refractivity contribution in [2.24, 2.45) is 0 Å². The van der Waals surface area contributed by atoms with Crippen LogP contribution in [0.25, 0.3) is 0 Å². The van der Waals surface area contributed by atoms with E-state index in [0.717, 1.165) is 22.9 Å². The van der Waals surface area contributed by atoms with Gasteiger partial charge in [-0.15, -0.1) is 0 Å². The monoisotopic (exact) mass is 199 g/mol. The lowest BCUT2D eigenvalue weighted by Gasteiger charge is -2.07. The minimum Gasteiger partial charge on any atom is -0.339 e. The smallest absolute Gasteiger partial charge is 0.152 e. The van der Waals surface area contributed by atoms with Gasteiger partial charge in [-0.25, -0.2) is 4.98 Å². The van der Waals surface area contributed by atoms with Crippen LogP contribution in [0.5, 0.6) is 0 Å². The Hall–Kier alpha value is -1.90. The van der Waals surface area contributed by atoms with Gasteiger partial charge in [0.15, 0.2) is 5.82 Å². The molecule has 0 unspecified atom stereocenters. The average molecular weight is 199 g/mol. The van der Waals surface area contributed by atoms with E-state index in [2.05, 4.69) is 15.3 Å². The predicted octanol–water partition coefficient (Wildman–Crippen LogP) is 2.84. The van der Waals surface area contributed by atoms with Crippen LogP contribution >= 0.6 is 0 Å². The van der Waals surface area contributed by atoms with Crippen LogP contribution in [0.2, 0.25) is 0 Å². The topological polar surface area (TPSA) is 37.8 Å². The van der Waals surface area contributed by atoms with Crippen molar-refractivity contribution < 1.29 is 0 Å². The second-order valence-electron chi connectivity index (χ2n) is 3.44. The van der Waals surface area contributed by atoms with E-state index in [-0.39, 0.29) is 0 Å². The molecule has 0 amide bonds. The first-order valence-electron chi connectivity index (χ1n) is 4.88. The lowest BCUT2D eigenvalue weighted by Crippen LogP contribution is -1.99. The molecule has 0 atom stereocenters. The van der Waals surface area contributed by atoms with Crippen LogP contribution in [0.3, 0.4) is 0 Å². The molecule has 15 heavy (non-hydrogen) atoms. The van der Waals surface area contributed by atoms with E-state index in [1.54, 1.807) is 6.20 Å². The fraction of sp³-hybridized carbons (Fsp3) is 0.167. The standard InChI is InChI=1S/C12H13N3/c1-9-8-13-10(2)12(14-9)15-11-6-4-3-5-7-11/h3-8H,1-2H3,(H,14,15). The quantitative estimate of drug-likeness (QED) is 0.808. The summed E-state index contributed by atoms with van der Waals surface area (Å²) in [5.41, 5.74) is 2.85. The number of hydrogen-bond acceptors (Lipinski definition) is 3. The Bertz CT molecular complexity index is 452. The predicted molar refractivity (Wildman–Crippen MR) is 61.2 cm³/mol. The molecule has 0 bridgehead atoms. The van der Waals surface area contributed by atoms with Gasteiger partial charge in [-0.1, -0.05) is 18.2 Å². The van der Waals surface area contributed by atoms with Crippen LogP contribution in [0.4, 0.5) is 11.5 Å². The first-order valence-corrected chi connectivity index (χ1v) is 4.88. The maximum absolute atomic E-state index is 4.39. The molecule has 1 heterocycles. The van der Waals surface area contributed by atoms with Crippen molar-refractivity contribution in [3.05, 3.63) is 47.9 Å². The van der Waals surface area contributed by atoms with E-state index in [1.165, 1.54) is 0 Å². The Morgan fingerprint density at radius 2 is 1.80 bits per heavy atom. The van der Waals surface area contributed by atoms with Crippen molar-refractivity contribution in [2.75, 3.05) is 5.32 Å². The zero-order valence-corrected chi connectivity index (χ0v) is 8.86. The number of para-hydroxylation sites is 1. The molecule has 1 aromatic heterocycles. The number of rotatable bonds is 2. The summed E-state index contributed by atoms with van der Waals surface area (Å²) in [6.07, 6.45) is 1.77. The summed E-state index contributed by atoms with van der Waals surface area (Å²) in [4.78, 5) is 8.64. The average Bonchev–Trinajstić information content (AvgIpc) is 2.25. The van der Waals surface area contributed by atoms with Crippen molar-refractivity contribution in [1.29, 1.82) is 0 Å². The molecule has 3 heteroatoms. The van der Waals surface area contributed by atoms with E-state index >= 15 is 0 Å². The van der Waals surface area contributed by atoms with Gasteiger partial charge < -0.3 is 5.32 Å². The highest BCUT2D eigenvalue weighted by Crippen LogP contribution is 2.16. The number of aryl methyl sites for hydroxylation is 2. The maximum atomic E-state index is 4.39. The van der Waals surface area contributed by atoms with Crippen LogP contribution in [-0.4, -0.2) is 9.97 Å². The molecule has 0 aliphatic rings. The molecular weight excluding hydrogens is 186 g/mol. The normalized spacial score (nSPS) is 10.0. The Morgan fingerprint density at radius 3 is 2.53 bits per heavy atom. The number of aromatic nitrogens is 2. The molecule has 0 radical (unpaired) electrons. The van der Waals surface area contributed by atoms with Crippen molar-refractivity contribution in [1.82, 2.24) is 9.97 Å². The summed E-state index contributed by atoms with van der Waals surface area (Å²) in [7, 11) is 0. The van der Waals surface area contributed by atoms with Crippen LogP contribution in [0.1, 0.15) is 11.4 Å². The molecule has 0 aliphatic heterocycles. The molecule has 0 spiro atoms. The van der Waals surface area contributed by atoms with Gasteiger partial charge in [-0.3, -0.25) is 4.98 Å². The van der Waals surface area contributed by atoms with Crippen molar-refractivity contribution in [3.63, 3.8) is 0 Å². The SMILES string of the molecule is Cc1cnc(C)c(Nc2ccccc2)n1. The van der Waals surface area contributed by atoms with Gasteiger partial charge in [0.25, 0.3) is 0 Å². The highest BCUT2D eigenvalue weighted by atomic mass is 15.0. The lowest BCUT2D eigenvalue weighted by molar-refractivity contribution is 1.07. The van der Waals surface area contributed by atoms with Crippen molar-refractivity contribution in [3.8, 4) is 0 Å². The highest BCUT2D eigenvalue weighted by molar-refractivity contribution is 5.57. The second kappa shape index (κ2) is 4.09. The summed E-state index contributed by atoms with van der Waals surface area (Å²) >= 11 is 0. The minimum atomic E-state index is 0.821. The third-order valence-corrected chi connectivity index (χ3v) is 2.11. The third kappa shape index (κ3) is 2.31. The third-order valence-electron chi connectivity index (χ3n) is 2.11. The summed E-state index contributed by atoms with van der Waals surface area (Å²) in [6.45, 7) is 3.88. The molecule has 1 aromatic carbocycles. The van der Waals surface area contributed by atoms with Crippen LogP contribution in [0, 0.1) is 13.8 Å². The Morgan fingerprint density at radius 1 is 1.07 bits per heavy atom. The summed E-state index contributed by atoms with van der Waals surface area (Å²) < 4.78 is 0. The number of hydrogen-bond donors (Lipinski definition) is 1. The Balaban J connectivity index is 2.28. The maximum Gasteiger partial charge on any atom is 0.152 e. The highest BCUT2D eigenvalue weighted by Gasteiger charge is 2.01. The summed E-state index contributed by atoms with van der Waals surface area (Å²) in [5, 5.41) is 3.24. The summed E-state index contributed by atoms with van der Waals surface area (Å²) in [5.74, 6) is 0.821. The van der Waals surface area contributed by atoms with Crippen molar-refractivity contribution >= 4 is 11.5 Å². The molecule has 2 rings (SSSR count). The fourth-order valence-corrected chi connectivity index (χ4v) is 1.31. The number of nitrogens with one attached hydrogen (secondary N) is 1. The van der Waals surface area contributed by atoms with E-state index in [4.69, 9.17) is 0 Å². The van der Waals surface area contributed by atoms with E-state index in [1.807, 2.05) is 44.2 Å². The fourth-order valence-electron chi connectivity index (χ4n) is 1.31. The molecule has 0 aliphatic carbocycles. The Labute approximate surface area is 89.2 Å². The minimum absolute atomic E-state index is 0.821. The molecule has 0 saturated heterocycles. The van der Waals surface area contributed by atoms with Gasteiger partial charge in [-0.2, -0.15) is 0 Å². The zero-order chi connectivity index (χ0) is 10.7. The van der Waals surface area contributed by atoms with Gasteiger partial charge in [0.2, 0.25) is 0 Å². The molecule has 1 N–H and O–H groups in total. The molecular formula is C12H13N3. The number of anilines is 2. The van der Waals surface area contributed by atoms with E-state index < -0.39 is 0 Å². The van der Waals surface area contributed by atoms with E-state index in [9.17, 15) is 0 Å². The molecule has 2 aromatic rings. The molecule has 0 fully saturated rings. The summed E-state index contributed by atoms with van der Waals surface area (Å²) in [6, 6.07) is 9.97. The molecule has 0 saturated carbocycles. The van der Waals surface area contributed by atoms with Crippen molar-refractivity contribution in [2.45, 2.75) is 13.8 Å². The van der Waals surface area contributed by atoms with Gasteiger partial charge in [0.1, 0.15) is 0 Å². The van der Waals surface area contributed by atoms with Gasteiger partial charge >= 0.3 is 0 Å². The number of nitrogens with zero attached hydrogens (tertiary/aromatic N) is 2. The largest absolute Gasteiger partial charge is 0.339 e. The lowest BCUT2D eigenvalue weighted by atomic mass is 10.3. The van der Waals surface area contributed by atoms with Gasteiger partial charge in [0.05, 0.1) is 11.4 Å². The molecule has 3 nitrogen and oxygen atoms in total. The Kier molecular flexibility index (Phi) is 2.63. The first kappa shape index (κ1) is 9.65. The molecule has 76 valence electrons. The van der Waals surface area contributed by atoms with Crippen LogP contribution in [-0.2, 0) is 0 Å². The van der Waals surface area contributed by atoms with Gasteiger partial charge in [-0.05, 0) is 26.0 Å².